The number of hydrogen-bond donors (Lipinski definition) is 2. The molecule has 1 aliphatic rings. The van der Waals surface area contributed by atoms with Gasteiger partial charge in [-0.15, -0.1) is 0 Å². The third kappa shape index (κ3) is 5.34. The van der Waals surface area contributed by atoms with Gasteiger partial charge in [-0.05, 0) is 42.5 Å². The number of rotatable bonds is 8. The monoisotopic (exact) mass is 493 g/mol. The van der Waals surface area contributed by atoms with Crippen LogP contribution in [-0.2, 0) is 4.74 Å². The summed E-state index contributed by atoms with van der Waals surface area (Å²) in [5.74, 6) is 0.251. The molecule has 3 heterocycles. The average molecular weight is 494 g/mol. The van der Waals surface area contributed by atoms with E-state index in [0.717, 1.165) is 13.1 Å². The molecule has 5 rings (SSSR count). The maximum absolute atomic E-state index is 14.0. The molecular formula is C26H25F2N5O3. The first-order valence-electron chi connectivity index (χ1n) is 11.6. The number of carbonyl (C=O) groups is 1. The zero-order chi connectivity index (χ0) is 24.9. The van der Waals surface area contributed by atoms with E-state index >= 15 is 0 Å². The predicted molar refractivity (Wildman–Crippen MR) is 131 cm³/mol. The van der Waals surface area contributed by atoms with Crippen molar-refractivity contribution in [2.45, 2.75) is 6.43 Å². The highest BCUT2D eigenvalue weighted by molar-refractivity contribution is 6.11. The number of alkyl halides is 2. The molecule has 36 heavy (non-hydrogen) atoms. The molecular weight excluding hydrogens is 468 g/mol. The Morgan fingerprint density at radius 2 is 2.03 bits per heavy atom. The molecule has 0 atom stereocenters. The van der Waals surface area contributed by atoms with Gasteiger partial charge in [0.25, 0.3) is 12.3 Å². The number of ether oxygens (including phenoxy) is 2. The van der Waals surface area contributed by atoms with Gasteiger partial charge in [0, 0.05) is 37.0 Å². The number of hydrogen-bond acceptors (Lipinski definition) is 6. The van der Waals surface area contributed by atoms with Gasteiger partial charge >= 0.3 is 0 Å². The summed E-state index contributed by atoms with van der Waals surface area (Å²) in [7, 11) is 0. The van der Waals surface area contributed by atoms with Gasteiger partial charge < -0.3 is 19.8 Å². The first-order chi connectivity index (χ1) is 17.6. The van der Waals surface area contributed by atoms with E-state index < -0.39 is 6.43 Å². The van der Waals surface area contributed by atoms with Crippen LogP contribution in [0.3, 0.4) is 0 Å². The van der Waals surface area contributed by atoms with Gasteiger partial charge in [0.1, 0.15) is 23.7 Å². The van der Waals surface area contributed by atoms with E-state index in [4.69, 9.17) is 9.47 Å². The zero-order valence-electron chi connectivity index (χ0n) is 19.4. The third-order valence-electron chi connectivity index (χ3n) is 5.97. The number of amides is 1. The summed E-state index contributed by atoms with van der Waals surface area (Å²) in [6.07, 6.45) is 0.412. The number of anilines is 1. The van der Waals surface area contributed by atoms with Gasteiger partial charge in [-0.1, -0.05) is 6.07 Å². The molecule has 1 fully saturated rings. The number of nitrogens with zero attached hydrogens (tertiary/aromatic N) is 3. The Kier molecular flexibility index (Phi) is 7.15. The Labute approximate surface area is 206 Å². The van der Waals surface area contributed by atoms with Crippen LogP contribution in [0.25, 0.3) is 22.4 Å². The molecule has 10 heteroatoms. The summed E-state index contributed by atoms with van der Waals surface area (Å²) in [5, 5.41) is 2.78. The van der Waals surface area contributed by atoms with Gasteiger partial charge in [0.05, 0.1) is 36.2 Å². The van der Waals surface area contributed by atoms with Crippen LogP contribution in [0.4, 0.5) is 14.5 Å². The van der Waals surface area contributed by atoms with Crippen LogP contribution in [0.15, 0.2) is 60.9 Å². The third-order valence-corrected chi connectivity index (χ3v) is 5.97. The van der Waals surface area contributed by atoms with Crippen molar-refractivity contribution < 1.29 is 23.0 Å². The Balaban J connectivity index is 1.37. The normalized spacial score (nSPS) is 14.3. The van der Waals surface area contributed by atoms with Gasteiger partial charge in [0.15, 0.2) is 0 Å². The fraction of sp³-hybridized carbons (Fsp3) is 0.269. The number of pyridine rings is 1. The van der Waals surface area contributed by atoms with Crippen LogP contribution < -0.4 is 10.1 Å². The van der Waals surface area contributed by atoms with Gasteiger partial charge in [-0.2, -0.15) is 0 Å². The minimum atomic E-state index is -2.73. The van der Waals surface area contributed by atoms with E-state index in [-0.39, 0.29) is 22.9 Å². The van der Waals surface area contributed by atoms with Gasteiger partial charge in [-0.25, -0.2) is 13.8 Å². The topological polar surface area (TPSA) is 92.4 Å². The van der Waals surface area contributed by atoms with Crippen LogP contribution >= 0.6 is 0 Å². The van der Waals surface area contributed by atoms with Crippen molar-refractivity contribution in [2.75, 3.05) is 44.8 Å². The lowest BCUT2D eigenvalue weighted by atomic mass is 10.1. The lowest BCUT2D eigenvalue weighted by Gasteiger charge is -2.26. The molecule has 0 radical (unpaired) electrons. The fourth-order valence-corrected chi connectivity index (χ4v) is 4.12. The highest BCUT2D eigenvalue weighted by Gasteiger charge is 2.20. The molecule has 8 nitrogen and oxygen atoms in total. The molecule has 0 bridgehead atoms. The van der Waals surface area contributed by atoms with E-state index in [1.807, 2.05) is 0 Å². The SMILES string of the molecule is O=C(Nc1cccnc1)c1cccc2[nH]c(-c3ccc(OCCN4CCOCC4)cc3C(F)F)nc12. The first-order valence-corrected chi connectivity index (χ1v) is 11.6. The molecule has 2 aromatic heterocycles. The smallest absolute Gasteiger partial charge is 0.264 e. The number of H-pyrrole nitrogens is 1. The van der Waals surface area contributed by atoms with Crippen LogP contribution in [0.2, 0.25) is 0 Å². The van der Waals surface area contributed by atoms with Crippen LogP contribution in [0, 0.1) is 0 Å². The predicted octanol–water partition coefficient (Wildman–Crippen LogP) is 4.53. The molecule has 4 aromatic rings. The number of benzene rings is 2. The second-order valence-corrected chi connectivity index (χ2v) is 8.34. The lowest BCUT2D eigenvalue weighted by molar-refractivity contribution is 0.0322. The number of fused-ring (bicyclic) bond motifs is 1. The summed E-state index contributed by atoms with van der Waals surface area (Å²) in [6, 6.07) is 13.1. The highest BCUT2D eigenvalue weighted by atomic mass is 19.3. The zero-order valence-corrected chi connectivity index (χ0v) is 19.4. The van der Waals surface area contributed by atoms with E-state index in [2.05, 4.69) is 25.2 Å². The number of halogens is 2. The second-order valence-electron chi connectivity index (χ2n) is 8.34. The number of nitrogens with one attached hydrogen (secondary N) is 2. The average Bonchev–Trinajstić information content (AvgIpc) is 3.34. The molecule has 0 spiro atoms. The summed E-state index contributed by atoms with van der Waals surface area (Å²) < 4.78 is 39.1. The molecule has 2 N–H and O–H groups in total. The maximum atomic E-state index is 14.0. The summed E-state index contributed by atoms with van der Waals surface area (Å²) in [4.78, 5) is 26.7. The minimum absolute atomic E-state index is 0.195. The largest absolute Gasteiger partial charge is 0.492 e. The van der Waals surface area contributed by atoms with E-state index in [1.165, 1.54) is 12.3 Å². The van der Waals surface area contributed by atoms with Crippen molar-refractivity contribution in [2.24, 2.45) is 0 Å². The quantitative estimate of drug-likeness (QED) is 0.375. The highest BCUT2D eigenvalue weighted by Crippen LogP contribution is 2.34. The molecule has 0 saturated carbocycles. The number of morpholine rings is 1. The Morgan fingerprint density at radius 1 is 1.17 bits per heavy atom. The molecule has 0 aliphatic carbocycles. The number of para-hydroxylation sites is 1. The number of imidazole rings is 1. The summed E-state index contributed by atoms with van der Waals surface area (Å²) in [5.41, 5.74) is 1.87. The van der Waals surface area contributed by atoms with Crippen LogP contribution in [0.5, 0.6) is 5.75 Å². The van der Waals surface area contributed by atoms with Crippen LogP contribution in [-0.4, -0.2) is 65.2 Å². The summed E-state index contributed by atoms with van der Waals surface area (Å²) in [6.45, 7) is 4.13. The Hall–Kier alpha value is -3.89. The van der Waals surface area contributed by atoms with Crippen molar-refractivity contribution in [3.63, 3.8) is 0 Å². The molecule has 2 aromatic carbocycles. The number of aromatic nitrogens is 3. The summed E-state index contributed by atoms with van der Waals surface area (Å²) >= 11 is 0. The van der Waals surface area contributed by atoms with Crippen molar-refractivity contribution >= 4 is 22.6 Å². The van der Waals surface area contributed by atoms with E-state index in [9.17, 15) is 13.6 Å². The Bertz CT molecular complexity index is 1340. The van der Waals surface area contributed by atoms with E-state index in [1.54, 1.807) is 48.7 Å². The van der Waals surface area contributed by atoms with Gasteiger partial charge in [0.2, 0.25) is 0 Å². The molecule has 1 amide bonds. The Morgan fingerprint density at radius 3 is 2.81 bits per heavy atom. The van der Waals surface area contributed by atoms with Crippen LogP contribution in [0.1, 0.15) is 22.3 Å². The maximum Gasteiger partial charge on any atom is 0.264 e. The van der Waals surface area contributed by atoms with Crippen molar-refractivity contribution in [3.05, 3.63) is 72.1 Å². The van der Waals surface area contributed by atoms with Crippen molar-refractivity contribution in [1.29, 1.82) is 0 Å². The number of carbonyl (C=O) groups excluding carboxylic acids is 1. The number of aromatic amines is 1. The first kappa shape index (κ1) is 23.8. The van der Waals surface area contributed by atoms with Crippen molar-refractivity contribution in [1.82, 2.24) is 19.9 Å². The standard InChI is InChI=1S/C26H25F2N5O3/c27-24(28)21-15-18(36-14-11-33-9-12-35-13-10-33)6-7-19(21)25-31-22-5-1-4-20(23(22)32-25)26(34)30-17-3-2-8-29-16-17/h1-8,15-16,24H,9-14H2,(H,30,34)(H,31,32). The van der Waals surface area contributed by atoms with E-state index in [0.29, 0.717) is 54.4 Å². The fourth-order valence-electron chi connectivity index (χ4n) is 4.12. The van der Waals surface area contributed by atoms with Gasteiger partial charge in [-0.3, -0.25) is 14.7 Å². The molecule has 186 valence electrons. The second kappa shape index (κ2) is 10.8. The minimum Gasteiger partial charge on any atom is -0.492 e. The van der Waals surface area contributed by atoms with Crippen molar-refractivity contribution in [3.8, 4) is 17.1 Å². The molecule has 1 aliphatic heterocycles. The lowest BCUT2D eigenvalue weighted by Crippen LogP contribution is -2.38. The molecule has 1 saturated heterocycles. The molecule has 0 unspecified atom stereocenters.